The van der Waals surface area contributed by atoms with Crippen molar-refractivity contribution in [3.8, 4) is 0 Å². The lowest BCUT2D eigenvalue weighted by Crippen LogP contribution is -2.95. The molecule has 36 heavy (non-hydrogen) atoms. The van der Waals surface area contributed by atoms with E-state index in [4.69, 9.17) is 0 Å². The molecule has 2 atom stereocenters. The van der Waals surface area contributed by atoms with Crippen molar-refractivity contribution in [1.29, 1.82) is 0 Å². The number of rotatable bonds is 5. The van der Waals surface area contributed by atoms with Gasteiger partial charge in [0.15, 0.2) is 0 Å². The number of carbonyl (C=O) groups is 3. The van der Waals surface area contributed by atoms with Gasteiger partial charge >= 0.3 is 12.2 Å². The van der Waals surface area contributed by atoms with E-state index in [1.54, 1.807) is 16.7 Å². The average Bonchev–Trinajstić information content (AvgIpc) is 3.10. The number of imide groups is 1. The Morgan fingerprint density at radius 1 is 1.17 bits per heavy atom. The molecule has 0 spiro atoms. The van der Waals surface area contributed by atoms with Crippen molar-refractivity contribution in [2.24, 2.45) is 0 Å². The molecule has 1 unspecified atom stereocenters. The number of nitrogens with two attached hydrogens (primary N) is 1. The van der Waals surface area contributed by atoms with Crippen molar-refractivity contribution in [2.75, 3.05) is 24.5 Å². The van der Waals surface area contributed by atoms with Gasteiger partial charge in [0.25, 0.3) is 5.91 Å². The molecule has 13 heteroatoms. The summed E-state index contributed by atoms with van der Waals surface area (Å²) in [6.07, 6.45) is -4.10. The first-order valence-electron chi connectivity index (χ1n) is 11.1. The number of pyridine rings is 1. The van der Waals surface area contributed by atoms with E-state index in [0.29, 0.717) is 12.2 Å². The first-order chi connectivity index (χ1) is 16.9. The Labute approximate surface area is 202 Å². The number of quaternary nitrogens is 1. The molecule has 0 radical (unpaired) electrons. The number of piperazine rings is 1. The average molecular weight is 512 g/mol. The molecular formula is C23H23F5N5O3+. The number of halogens is 5. The summed E-state index contributed by atoms with van der Waals surface area (Å²) in [6.45, 7) is 2.62. The SMILES string of the molecule is C[C@H]1CN(C(=O)CCC2(c3ccc(C(F)(F)F)nc3)[NH2+]C(=O)NC2=O)CCN1c1cc(F)cc(F)c1. The number of nitrogens with one attached hydrogen (secondary N) is 1. The summed E-state index contributed by atoms with van der Waals surface area (Å²) in [7, 11) is 0. The van der Waals surface area contributed by atoms with Crippen LogP contribution >= 0.6 is 0 Å². The van der Waals surface area contributed by atoms with E-state index in [9.17, 15) is 36.3 Å². The fourth-order valence-corrected chi connectivity index (χ4v) is 4.65. The molecule has 192 valence electrons. The van der Waals surface area contributed by atoms with Crippen LogP contribution in [-0.2, 0) is 21.3 Å². The van der Waals surface area contributed by atoms with Gasteiger partial charge < -0.3 is 9.80 Å². The highest BCUT2D eigenvalue weighted by Gasteiger charge is 2.53. The summed E-state index contributed by atoms with van der Waals surface area (Å²) in [5.74, 6) is -2.49. The van der Waals surface area contributed by atoms with Crippen LogP contribution in [0.2, 0.25) is 0 Å². The van der Waals surface area contributed by atoms with Gasteiger partial charge in [-0.15, -0.1) is 0 Å². The molecule has 1 aromatic carbocycles. The Morgan fingerprint density at radius 2 is 1.86 bits per heavy atom. The monoisotopic (exact) mass is 512 g/mol. The second-order valence-electron chi connectivity index (χ2n) is 8.87. The molecule has 2 aliphatic rings. The third-order valence-corrected chi connectivity index (χ3v) is 6.48. The van der Waals surface area contributed by atoms with Gasteiger partial charge in [0, 0.05) is 62.0 Å². The zero-order valence-electron chi connectivity index (χ0n) is 19.1. The number of carbonyl (C=O) groups excluding carboxylic acids is 3. The zero-order chi connectivity index (χ0) is 26.3. The molecule has 8 nitrogen and oxygen atoms in total. The predicted octanol–water partition coefficient (Wildman–Crippen LogP) is 1.90. The molecule has 0 aliphatic carbocycles. The van der Waals surface area contributed by atoms with Gasteiger partial charge in [-0.25, -0.2) is 24.2 Å². The van der Waals surface area contributed by atoms with Gasteiger partial charge in [-0.05, 0) is 31.2 Å². The first-order valence-corrected chi connectivity index (χ1v) is 11.1. The van der Waals surface area contributed by atoms with Crippen LogP contribution in [-0.4, -0.2) is 53.4 Å². The molecule has 3 heterocycles. The van der Waals surface area contributed by atoms with Crippen molar-refractivity contribution in [3.05, 3.63) is 59.4 Å². The van der Waals surface area contributed by atoms with Crippen molar-refractivity contribution < 1.29 is 41.7 Å². The lowest BCUT2D eigenvalue weighted by atomic mass is 9.86. The first kappa shape index (κ1) is 25.5. The third kappa shape index (κ3) is 5.01. The van der Waals surface area contributed by atoms with Crippen molar-refractivity contribution in [2.45, 2.75) is 37.5 Å². The molecule has 2 fully saturated rings. The Bertz CT molecular complexity index is 1170. The van der Waals surface area contributed by atoms with E-state index < -0.39 is 41.0 Å². The molecule has 0 saturated carbocycles. The number of primary amides is 1. The topological polar surface area (TPSA) is 99.2 Å². The number of anilines is 1. The summed E-state index contributed by atoms with van der Waals surface area (Å²) in [4.78, 5) is 44.3. The van der Waals surface area contributed by atoms with E-state index >= 15 is 0 Å². The number of aromatic nitrogens is 1. The van der Waals surface area contributed by atoms with Gasteiger partial charge in [0.1, 0.15) is 17.3 Å². The van der Waals surface area contributed by atoms with E-state index in [-0.39, 0.29) is 43.4 Å². The lowest BCUT2D eigenvalue weighted by Gasteiger charge is -2.41. The Hall–Kier alpha value is -3.61. The summed E-state index contributed by atoms with van der Waals surface area (Å²) in [5, 5.41) is 3.18. The maximum Gasteiger partial charge on any atom is 0.433 e. The second-order valence-corrected chi connectivity index (χ2v) is 8.87. The van der Waals surface area contributed by atoms with Crippen LogP contribution in [0.4, 0.5) is 32.4 Å². The number of hydrogen-bond donors (Lipinski definition) is 2. The summed E-state index contributed by atoms with van der Waals surface area (Å²) >= 11 is 0. The van der Waals surface area contributed by atoms with Crippen LogP contribution in [0.25, 0.3) is 0 Å². The van der Waals surface area contributed by atoms with Gasteiger partial charge in [0.2, 0.25) is 11.4 Å². The molecule has 3 N–H and O–H groups in total. The zero-order valence-corrected chi connectivity index (χ0v) is 19.1. The number of urea groups is 1. The van der Waals surface area contributed by atoms with Gasteiger partial charge in [0.05, 0.1) is 0 Å². The molecule has 2 aromatic rings. The van der Waals surface area contributed by atoms with Crippen molar-refractivity contribution in [1.82, 2.24) is 15.2 Å². The minimum Gasteiger partial charge on any atom is -0.365 e. The van der Waals surface area contributed by atoms with Gasteiger partial charge in [-0.3, -0.25) is 14.6 Å². The van der Waals surface area contributed by atoms with Crippen LogP contribution in [0.1, 0.15) is 31.0 Å². The number of hydrogen-bond acceptors (Lipinski definition) is 5. The van der Waals surface area contributed by atoms with Gasteiger partial charge in [-0.1, -0.05) is 0 Å². The predicted molar refractivity (Wildman–Crippen MR) is 115 cm³/mol. The second kappa shape index (κ2) is 9.45. The molecule has 0 bridgehead atoms. The number of alkyl halides is 3. The number of amides is 4. The summed E-state index contributed by atoms with van der Waals surface area (Å²) in [5.41, 5.74) is -2.35. The highest BCUT2D eigenvalue weighted by Crippen LogP contribution is 2.31. The van der Waals surface area contributed by atoms with E-state index in [0.717, 1.165) is 29.7 Å². The minimum atomic E-state index is -4.67. The Kier molecular flexibility index (Phi) is 6.69. The van der Waals surface area contributed by atoms with Gasteiger partial charge in [-0.2, -0.15) is 13.2 Å². The Morgan fingerprint density at radius 3 is 2.39 bits per heavy atom. The van der Waals surface area contributed by atoms with Crippen LogP contribution in [0.3, 0.4) is 0 Å². The van der Waals surface area contributed by atoms with E-state index in [1.807, 2.05) is 0 Å². The molecule has 4 amide bonds. The van der Waals surface area contributed by atoms with Crippen LogP contribution in [0.5, 0.6) is 0 Å². The highest BCUT2D eigenvalue weighted by molar-refractivity contribution is 6.01. The van der Waals surface area contributed by atoms with Crippen molar-refractivity contribution in [3.63, 3.8) is 0 Å². The molecule has 2 saturated heterocycles. The summed E-state index contributed by atoms with van der Waals surface area (Å²) < 4.78 is 66.0. The van der Waals surface area contributed by atoms with Crippen LogP contribution in [0, 0.1) is 11.6 Å². The normalized spacial score (nSPS) is 22.7. The smallest absolute Gasteiger partial charge is 0.365 e. The number of nitrogens with zero attached hydrogens (tertiary/aromatic N) is 3. The van der Waals surface area contributed by atoms with E-state index in [2.05, 4.69) is 10.3 Å². The summed E-state index contributed by atoms with van der Waals surface area (Å²) in [6, 6.07) is 4.02. The van der Waals surface area contributed by atoms with Crippen molar-refractivity contribution >= 4 is 23.5 Å². The van der Waals surface area contributed by atoms with Crippen LogP contribution in [0.15, 0.2) is 36.5 Å². The fourth-order valence-electron chi connectivity index (χ4n) is 4.65. The van der Waals surface area contributed by atoms with Crippen LogP contribution < -0.4 is 15.5 Å². The Balaban J connectivity index is 1.46. The van der Waals surface area contributed by atoms with E-state index in [1.165, 1.54) is 12.1 Å². The third-order valence-electron chi connectivity index (χ3n) is 6.48. The quantitative estimate of drug-likeness (QED) is 0.471. The molecular weight excluding hydrogens is 489 g/mol. The molecule has 4 rings (SSSR count). The fraction of sp³-hybridized carbons (Fsp3) is 0.391. The maximum absolute atomic E-state index is 13.6. The minimum absolute atomic E-state index is 0.0676. The molecule has 2 aliphatic heterocycles. The standard InChI is InChI=1S/C23H22F5N5O3/c1-13-12-32(6-7-33(13)17-9-15(24)8-16(25)10-17)19(34)4-5-22(20(35)30-21(36)31-22)14-2-3-18(29-11-14)23(26,27)28/h2-3,8-11,13H,4-7,12H2,1H3,(H2,30,31,35,36)/p+1/t13-,22?/m0/s1. The maximum atomic E-state index is 13.6. The molecule has 1 aromatic heterocycles. The highest BCUT2D eigenvalue weighted by atomic mass is 19.4. The number of benzene rings is 1. The lowest BCUT2D eigenvalue weighted by molar-refractivity contribution is -0.622. The largest absolute Gasteiger partial charge is 0.433 e.